The first-order valence-corrected chi connectivity index (χ1v) is 3.46. The first-order chi connectivity index (χ1) is 3.93. The largest absolute Gasteiger partial charge is 0.337 e. The van der Waals surface area contributed by atoms with E-state index in [1.165, 1.54) is 0 Å². The Morgan fingerprint density at radius 3 is 2.75 bits per heavy atom. The van der Waals surface area contributed by atoms with Crippen LogP contribution in [0.2, 0.25) is 0 Å². The first-order valence-electron chi connectivity index (χ1n) is 2.72. The van der Waals surface area contributed by atoms with E-state index in [2.05, 4.69) is 0 Å². The Bertz CT molecular complexity index is 118. The van der Waals surface area contributed by atoms with E-state index in [1.807, 2.05) is 0 Å². The maximum atomic E-state index is 10.0. The Labute approximate surface area is 51.9 Å². The van der Waals surface area contributed by atoms with Gasteiger partial charge >= 0.3 is 0 Å². The second-order valence-corrected chi connectivity index (χ2v) is 2.38. The summed E-state index contributed by atoms with van der Waals surface area (Å²) in [6, 6.07) is 0. The molecule has 1 fully saturated rings. The van der Waals surface area contributed by atoms with Gasteiger partial charge in [-0.15, -0.1) is 0 Å². The van der Waals surface area contributed by atoms with Gasteiger partial charge in [0.2, 0.25) is 0 Å². The van der Waals surface area contributed by atoms with Crippen molar-refractivity contribution in [2.45, 2.75) is 19.3 Å². The van der Waals surface area contributed by atoms with Gasteiger partial charge in [0.05, 0.1) is 6.61 Å². The topological polar surface area (TPSA) is 26.3 Å². The van der Waals surface area contributed by atoms with Gasteiger partial charge in [-0.25, -0.2) is 4.21 Å². The minimum absolute atomic E-state index is 0.490. The Morgan fingerprint density at radius 2 is 2.38 bits per heavy atom. The van der Waals surface area contributed by atoms with Crippen LogP contribution in [0.25, 0.3) is 0 Å². The van der Waals surface area contributed by atoms with Crippen LogP contribution < -0.4 is 0 Å². The summed E-state index contributed by atoms with van der Waals surface area (Å²) in [6.45, 7) is 0.741. The Morgan fingerprint density at radius 1 is 1.50 bits per heavy atom. The summed E-state index contributed by atoms with van der Waals surface area (Å²) in [5, 5.41) is 0.663. The van der Waals surface area contributed by atoms with Crippen molar-refractivity contribution in [3.05, 3.63) is 0 Å². The summed E-state index contributed by atoms with van der Waals surface area (Å²) in [4.78, 5) is 0. The average Bonchev–Trinajstić information content (AvgIpc) is 1.90. The molecule has 8 heavy (non-hydrogen) atoms. The maximum Gasteiger partial charge on any atom is 0.145 e. The molecule has 0 spiro atoms. The van der Waals surface area contributed by atoms with Crippen LogP contribution in [0.15, 0.2) is 0 Å². The van der Waals surface area contributed by atoms with E-state index in [9.17, 15) is 4.21 Å². The lowest BCUT2D eigenvalue weighted by atomic mass is 10.2. The quantitative estimate of drug-likeness (QED) is 0.449. The molecule has 0 aromatic rings. The monoisotopic (exact) mass is 132 g/mol. The second-order valence-electron chi connectivity index (χ2n) is 1.76. The van der Waals surface area contributed by atoms with Gasteiger partial charge in [-0.3, -0.25) is 0 Å². The number of hydrogen-bond acceptors (Lipinski definition) is 2. The average molecular weight is 132 g/mol. The molecule has 0 radical (unpaired) electrons. The molecule has 1 aliphatic heterocycles. The number of rotatable bonds is 0. The van der Waals surface area contributed by atoms with Crippen molar-refractivity contribution in [2.75, 3.05) is 6.61 Å². The first kappa shape index (κ1) is 5.98. The molecule has 0 amide bonds. The Balaban J connectivity index is 2.45. The highest BCUT2D eigenvalue weighted by atomic mass is 32.1. The molecule has 0 aromatic heterocycles. The van der Waals surface area contributed by atoms with Gasteiger partial charge in [0.15, 0.2) is 0 Å². The molecule has 3 heteroatoms. The summed E-state index contributed by atoms with van der Waals surface area (Å²) in [6.07, 6.45) is 3.07. The van der Waals surface area contributed by atoms with E-state index in [0.717, 1.165) is 25.9 Å². The fraction of sp³-hybridized carbons (Fsp3) is 0.800. The molecule has 0 atom stereocenters. The fourth-order valence-electron chi connectivity index (χ4n) is 0.695. The molecular weight excluding hydrogens is 124 g/mol. The van der Waals surface area contributed by atoms with Crippen molar-refractivity contribution in [1.82, 2.24) is 0 Å². The van der Waals surface area contributed by atoms with Crippen LogP contribution in [0, 0.1) is 0 Å². The predicted octanol–water partition coefficient (Wildman–Crippen LogP) is 0.530. The molecule has 2 nitrogen and oxygen atoms in total. The summed E-state index contributed by atoms with van der Waals surface area (Å²) in [5.41, 5.74) is 0. The van der Waals surface area contributed by atoms with Crippen LogP contribution in [0.1, 0.15) is 19.3 Å². The smallest absolute Gasteiger partial charge is 0.145 e. The SMILES string of the molecule is O=S=C1CCCCO1. The number of ether oxygens (including phenoxy) is 1. The van der Waals surface area contributed by atoms with Crippen molar-refractivity contribution < 1.29 is 8.95 Å². The van der Waals surface area contributed by atoms with Crippen molar-refractivity contribution >= 4 is 16.3 Å². The molecule has 1 saturated heterocycles. The highest BCUT2D eigenvalue weighted by molar-refractivity contribution is 7.66. The normalized spacial score (nSPS) is 20.8. The zero-order chi connectivity index (χ0) is 5.82. The lowest BCUT2D eigenvalue weighted by molar-refractivity contribution is 0.269. The van der Waals surface area contributed by atoms with Crippen LogP contribution in [-0.4, -0.2) is 15.9 Å². The maximum absolute atomic E-state index is 10.0. The summed E-state index contributed by atoms with van der Waals surface area (Å²) in [7, 11) is 0. The van der Waals surface area contributed by atoms with Crippen molar-refractivity contribution in [3.8, 4) is 0 Å². The van der Waals surface area contributed by atoms with Crippen LogP contribution in [0.4, 0.5) is 0 Å². The molecule has 1 rings (SSSR count). The van der Waals surface area contributed by atoms with Crippen molar-refractivity contribution in [2.24, 2.45) is 0 Å². The standard InChI is InChI=1S/C5H8O2S/c6-8-5-3-1-2-4-7-5/h1-4H2. The third kappa shape index (κ3) is 1.42. The van der Waals surface area contributed by atoms with Gasteiger partial charge in [-0.2, -0.15) is 0 Å². The molecule has 0 N–H and O–H groups in total. The number of hydrogen-bond donors (Lipinski definition) is 0. The van der Waals surface area contributed by atoms with Gasteiger partial charge in [0.1, 0.15) is 16.3 Å². The van der Waals surface area contributed by atoms with E-state index >= 15 is 0 Å². The summed E-state index contributed by atoms with van der Waals surface area (Å²) >= 11 is 0.490. The van der Waals surface area contributed by atoms with Gasteiger partial charge in [-0.05, 0) is 12.8 Å². The lowest BCUT2D eigenvalue weighted by Gasteiger charge is -2.09. The van der Waals surface area contributed by atoms with E-state index < -0.39 is 0 Å². The molecule has 1 aliphatic rings. The molecule has 0 saturated carbocycles. The Hall–Kier alpha value is -0.150. The van der Waals surface area contributed by atoms with Crippen LogP contribution in [0.3, 0.4) is 0 Å². The van der Waals surface area contributed by atoms with Gasteiger partial charge in [0.25, 0.3) is 0 Å². The van der Waals surface area contributed by atoms with E-state index in [1.54, 1.807) is 0 Å². The molecule has 0 aliphatic carbocycles. The zero-order valence-electron chi connectivity index (χ0n) is 4.55. The van der Waals surface area contributed by atoms with Gasteiger partial charge < -0.3 is 4.74 Å². The minimum Gasteiger partial charge on any atom is -0.337 e. The van der Waals surface area contributed by atoms with Crippen molar-refractivity contribution in [1.29, 1.82) is 0 Å². The zero-order valence-corrected chi connectivity index (χ0v) is 5.37. The highest BCUT2D eigenvalue weighted by Crippen LogP contribution is 2.04. The molecule has 0 unspecified atom stereocenters. The van der Waals surface area contributed by atoms with E-state index in [0.29, 0.717) is 16.3 Å². The van der Waals surface area contributed by atoms with E-state index in [-0.39, 0.29) is 0 Å². The third-order valence-corrected chi connectivity index (χ3v) is 1.64. The third-order valence-electron chi connectivity index (χ3n) is 1.13. The highest BCUT2D eigenvalue weighted by Gasteiger charge is 2.04. The lowest BCUT2D eigenvalue weighted by Crippen LogP contribution is -2.11. The molecular formula is C5H8O2S. The van der Waals surface area contributed by atoms with Crippen molar-refractivity contribution in [3.63, 3.8) is 0 Å². The molecule has 0 aromatic carbocycles. The summed E-state index contributed by atoms with van der Waals surface area (Å²) in [5.74, 6) is 0. The van der Waals surface area contributed by atoms with Crippen LogP contribution in [-0.2, 0) is 16.0 Å². The molecule has 46 valence electrons. The van der Waals surface area contributed by atoms with Gasteiger partial charge in [0, 0.05) is 6.42 Å². The Kier molecular flexibility index (Phi) is 2.24. The van der Waals surface area contributed by atoms with Crippen LogP contribution in [0.5, 0.6) is 0 Å². The summed E-state index contributed by atoms with van der Waals surface area (Å²) < 4.78 is 15.0. The fourth-order valence-corrected chi connectivity index (χ4v) is 1.05. The van der Waals surface area contributed by atoms with Gasteiger partial charge in [-0.1, -0.05) is 0 Å². The predicted molar refractivity (Wildman–Crippen MR) is 33.0 cm³/mol. The van der Waals surface area contributed by atoms with E-state index in [4.69, 9.17) is 4.74 Å². The minimum atomic E-state index is 0.490. The van der Waals surface area contributed by atoms with Crippen LogP contribution >= 0.6 is 0 Å². The molecule has 1 heterocycles. The second kappa shape index (κ2) is 2.99. The molecule has 0 bridgehead atoms.